The molecular weight excluding hydrogens is 308 g/mol. The van der Waals surface area contributed by atoms with Gasteiger partial charge in [0.25, 0.3) is 0 Å². The molecule has 1 unspecified atom stereocenters. The van der Waals surface area contributed by atoms with E-state index in [1.165, 1.54) is 21.8 Å². The molecule has 0 aliphatic carbocycles. The van der Waals surface area contributed by atoms with Gasteiger partial charge in [-0.25, -0.2) is 0 Å². The number of fused-ring (bicyclic) bond motifs is 3. The Kier molecular flexibility index (Phi) is 4.16. The third-order valence-corrected chi connectivity index (χ3v) is 4.67. The standard InChI is InChI=1S/C22H22N2O/c1-16(23)17-10-12-18(13-11-17)25-15-14-24-21-8-4-2-6-19(21)20-7-3-5-9-22(20)24/h2-13,16H,14-15,23H2,1H3. The molecule has 2 N–H and O–H groups in total. The quantitative estimate of drug-likeness (QED) is 0.566. The van der Waals surface area contributed by atoms with E-state index in [0.29, 0.717) is 6.61 Å². The number of aromatic nitrogens is 1. The zero-order valence-corrected chi connectivity index (χ0v) is 14.4. The second-order valence-corrected chi connectivity index (χ2v) is 6.39. The van der Waals surface area contributed by atoms with Gasteiger partial charge in [-0.1, -0.05) is 48.5 Å². The number of nitrogens with two attached hydrogens (primary N) is 1. The van der Waals surface area contributed by atoms with Crippen molar-refractivity contribution in [1.82, 2.24) is 4.57 Å². The normalized spacial score (nSPS) is 12.6. The number of hydrogen-bond donors (Lipinski definition) is 1. The van der Waals surface area contributed by atoms with Crippen molar-refractivity contribution in [3.8, 4) is 5.75 Å². The zero-order chi connectivity index (χ0) is 17.2. The molecule has 0 bridgehead atoms. The maximum absolute atomic E-state index is 5.95. The van der Waals surface area contributed by atoms with Crippen molar-refractivity contribution in [1.29, 1.82) is 0 Å². The average molecular weight is 330 g/mol. The number of hydrogen-bond acceptors (Lipinski definition) is 2. The molecule has 0 saturated heterocycles. The number of ether oxygens (including phenoxy) is 1. The van der Waals surface area contributed by atoms with Crippen LogP contribution in [0, 0.1) is 0 Å². The molecule has 0 radical (unpaired) electrons. The van der Waals surface area contributed by atoms with Crippen molar-refractivity contribution in [3.05, 3.63) is 78.4 Å². The summed E-state index contributed by atoms with van der Waals surface area (Å²) < 4.78 is 8.28. The summed E-state index contributed by atoms with van der Waals surface area (Å²) in [7, 11) is 0. The topological polar surface area (TPSA) is 40.2 Å². The molecule has 4 rings (SSSR count). The molecule has 3 heteroatoms. The lowest BCUT2D eigenvalue weighted by atomic mass is 10.1. The molecule has 126 valence electrons. The molecule has 0 aliphatic rings. The van der Waals surface area contributed by atoms with Crippen LogP contribution >= 0.6 is 0 Å². The first-order valence-corrected chi connectivity index (χ1v) is 8.68. The Balaban J connectivity index is 1.56. The molecule has 1 aromatic heterocycles. The molecule has 0 spiro atoms. The van der Waals surface area contributed by atoms with Crippen molar-refractivity contribution in [2.75, 3.05) is 6.61 Å². The van der Waals surface area contributed by atoms with Crippen LogP contribution in [0.25, 0.3) is 21.8 Å². The van der Waals surface area contributed by atoms with Crippen molar-refractivity contribution in [3.63, 3.8) is 0 Å². The van der Waals surface area contributed by atoms with Gasteiger partial charge >= 0.3 is 0 Å². The van der Waals surface area contributed by atoms with Gasteiger partial charge in [0, 0.05) is 27.8 Å². The summed E-state index contributed by atoms with van der Waals surface area (Å²) in [5.74, 6) is 0.880. The average Bonchev–Trinajstić information content (AvgIpc) is 2.97. The highest BCUT2D eigenvalue weighted by Gasteiger charge is 2.09. The van der Waals surface area contributed by atoms with Gasteiger partial charge < -0.3 is 15.0 Å². The summed E-state index contributed by atoms with van der Waals surface area (Å²) in [6.07, 6.45) is 0. The Hall–Kier alpha value is -2.78. The van der Waals surface area contributed by atoms with Crippen LogP contribution in [0.5, 0.6) is 5.75 Å². The fourth-order valence-electron chi connectivity index (χ4n) is 3.37. The molecule has 25 heavy (non-hydrogen) atoms. The van der Waals surface area contributed by atoms with Crippen molar-refractivity contribution >= 4 is 21.8 Å². The van der Waals surface area contributed by atoms with Crippen LogP contribution < -0.4 is 10.5 Å². The summed E-state index contributed by atoms with van der Waals surface area (Å²) in [4.78, 5) is 0. The Morgan fingerprint density at radius 2 is 1.40 bits per heavy atom. The van der Waals surface area contributed by atoms with E-state index in [-0.39, 0.29) is 6.04 Å². The maximum atomic E-state index is 5.95. The van der Waals surface area contributed by atoms with Crippen LogP contribution in [0.1, 0.15) is 18.5 Å². The molecular formula is C22H22N2O. The van der Waals surface area contributed by atoms with E-state index >= 15 is 0 Å². The fourth-order valence-corrected chi connectivity index (χ4v) is 3.37. The minimum absolute atomic E-state index is 0.0478. The van der Waals surface area contributed by atoms with E-state index < -0.39 is 0 Å². The van der Waals surface area contributed by atoms with E-state index in [1.54, 1.807) is 0 Å². The van der Waals surface area contributed by atoms with Crippen molar-refractivity contribution in [2.45, 2.75) is 19.5 Å². The molecule has 0 aliphatic heterocycles. The van der Waals surface area contributed by atoms with E-state index in [1.807, 2.05) is 31.2 Å². The molecule has 0 fully saturated rings. The third kappa shape index (κ3) is 2.99. The van der Waals surface area contributed by atoms with Gasteiger partial charge in [0.05, 0.1) is 6.54 Å². The maximum Gasteiger partial charge on any atom is 0.119 e. The zero-order valence-electron chi connectivity index (χ0n) is 14.4. The van der Waals surface area contributed by atoms with Crippen molar-refractivity contribution < 1.29 is 4.74 Å². The van der Waals surface area contributed by atoms with Crippen molar-refractivity contribution in [2.24, 2.45) is 5.73 Å². The highest BCUT2D eigenvalue weighted by Crippen LogP contribution is 2.28. The van der Waals surface area contributed by atoms with Crippen LogP contribution in [0.15, 0.2) is 72.8 Å². The summed E-state index contributed by atoms with van der Waals surface area (Å²) in [6, 6.07) is 25.2. The number of rotatable bonds is 5. The molecule has 0 saturated carbocycles. The first-order chi connectivity index (χ1) is 12.2. The van der Waals surface area contributed by atoms with Crippen LogP contribution in [0.3, 0.4) is 0 Å². The number of benzene rings is 3. The van der Waals surface area contributed by atoms with Gasteiger partial charge in [0.15, 0.2) is 0 Å². The lowest BCUT2D eigenvalue weighted by Gasteiger charge is -2.11. The first-order valence-electron chi connectivity index (χ1n) is 8.68. The van der Waals surface area contributed by atoms with Gasteiger partial charge in [-0.2, -0.15) is 0 Å². The lowest BCUT2D eigenvalue weighted by Crippen LogP contribution is -2.08. The first kappa shape index (κ1) is 15.7. The predicted octanol–water partition coefficient (Wildman–Crippen LogP) is 4.89. The van der Waals surface area contributed by atoms with Crippen LogP contribution in [-0.2, 0) is 6.54 Å². The lowest BCUT2D eigenvalue weighted by molar-refractivity contribution is 0.302. The second-order valence-electron chi connectivity index (χ2n) is 6.39. The van der Waals surface area contributed by atoms with E-state index in [0.717, 1.165) is 17.9 Å². The Bertz CT molecular complexity index is 946. The van der Waals surface area contributed by atoms with E-state index in [4.69, 9.17) is 10.5 Å². The van der Waals surface area contributed by atoms with E-state index in [2.05, 4.69) is 53.1 Å². The fraction of sp³-hybridized carbons (Fsp3) is 0.182. The van der Waals surface area contributed by atoms with Gasteiger partial charge in [0.2, 0.25) is 0 Å². The summed E-state index contributed by atoms with van der Waals surface area (Å²) in [6.45, 7) is 3.42. The second kappa shape index (κ2) is 6.61. The molecule has 4 aromatic rings. The molecule has 0 amide bonds. The van der Waals surface area contributed by atoms with Gasteiger partial charge in [-0.3, -0.25) is 0 Å². The summed E-state index contributed by atoms with van der Waals surface area (Å²) in [5.41, 5.74) is 9.51. The highest BCUT2D eigenvalue weighted by atomic mass is 16.5. The van der Waals surface area contributed by atoms with Gasteiger partial charge in [-0.05, 0) is 36.8 Å². The number of nitrogens with zero attached hydrogens (tertiary/aromatic N) is 1. The molecule has 1 atom stereocenters. The Morgan fingerprint density at radius 1 is 0.840 bits per heavy atom. The summed E-state index contributed by atoms with van der Waals surface area (Å²) in [5, 5.41) is 2.58. The third-order valence-electron chi connectivity index (χ3n) is 4.67. The predicted molar refractivity (Wildman–Crippen MR) is 104 cm³/mol. The monoisotopic (exact) mass is 330 g/mol. The molecule has 1 heterocycles. The Morgan fingerprint density at radius 3 is 1.96 bits per heavy atom. The van der Waals surface area contributed by atoms with Crippen LogP contribution in [-0.4, -0.2) is 11.2 Å². The van der Waals surface area contributed by atoms with E-state index in [9.17, 15) is 0 Å². The highest BCUT2D eigenvalue weighted by molar-refractivity contribution is 6.07. The smallest absolute Gasteiger partial charge is 0.119 e. The number of para-hydroxylation sites is 2. The van der Waals surface area contributed by atoms with Gasteiger partial charge in [-0.15, -0.1) is 0 Å². The SMILES string of the molecule is CC(N)c1ccc(OCCn2c3ccccc3c3ccccc32)cc1. The Labute approximate surface area is 147 Å². The molecule has 3 nitrogen and oxygen atoms in total. The minimum atomic E-state index is 0.0478. The minimum Gasteiger partial charge on any atom is -0.492 e. The van der Waals surface area contributed by atoms with Crippen LogP contribution in [0.2, 0.25) is 0 Å². The largest absolute Gasteiger partial charge is 0.492 e. The van der Waals surface area contributed by atoms with Gasteiger partial charge in [0.1, 0.15) is 12.4 Å². The summed E-state index contributed by atoms with van der Waals surface area (Å²) >= 11 is 0. The van der Waals surface area contributed by atoms with Crippen LogP contribution in [0.4, 0.5) is 0 Å². The molecule has 3 aromatic carbocycles.